The fourth-order valence-electron chi connectivity index (χ4n) is 3.33. The minimum atomic E-state index is 0.439. The molecule has 0 atom stereocenters. The van der Waals surface area contributed by atoms with Crippen molar-refractivity contribution in [2.24, 2.45) is 0 Å². The largest absolute Gasteiger partial charge is 0.334 e. The second-order valence-corrected chi connectivity index (χ2v) is 7.06. The van der Waals surface area contributed by atoms with Crippen molar-refractivity contribution in [3.8, 4) is 45.7 Å². The molecule has 2 aromatic heterocycles. The van der Waals surface area contributed by atoms with Crippen molar-refractivity contribution in [2.75, 3.05) is 0 Å². The molecule has 0 unspecified atom stereocenters. The quantitative estimate of drug-likeness (QED) is 0.387. The third-order valence-electron chi connectivity index (χ3n) is 4.98. The van der Waals surface area contributed by atoms with Crippen molar-refractivity contribution in [3.05, 3.63) is 83.9 Å². The summed E-state index contributed by atoms with van der Waals surface area (Å²) >= 11 is 0. The van der Waals surface area contributed by atoms with Crippen molar-refractivity contribution in [2.45, 2.75) is 13.8 Å². The van der Waals surface area contributed by atoms with E-state index in [2.05, 4.69) is 20.3 Å². The molecule has 0 saturated carbocycles. The van der Waals surface area contributed by atoms with Crippen LogP contribution in [0.2, 0.25) is 0 Å². The van der Waals surface area contributed by atoms with E-state index in [-0.39, 0.29) is 0 Å². The third kappa shape index (κ3) is 3.28. The summed E-state index contributed by atoms with van der Waals surface area (Å²) in [6, 6.07) is 23.5. The first-order valence-corrected chi connectivity index (χ1v) is 9.59. The number of aromatic nitrogens is 4. The molecule has 5 aromatic rings. The summed E-state index contributed by atoms with van der Waals surface area (Å²) < 4.78 is 11.0. The van der Waals surface area contributed by atoms with Crippen LogP contribution < -0.4 is 0 Å². The molecule has 0 fully saturated rings. The van der Waals surface area contributed by atoms with Crippen LogP contribution in [0.15, 0.2) is 81.8 Å². The maximum absolute atomic E-state index is 5.51. The van der Waals surface area contributed by atoms with Crippen LogP contribution in [0, 0.1) is 13.8 Å². The van der Waals surface area contributed by atoms with Crippen LogP contribution in [-0.4, -0.2) is 20.3 Å². The van der Waals surface area contributed by atoms with Crippen LogP contribution in [0.5, 0.6) is 0 Å². The summed E-state index contributed by atoms with van der Waals surface area (Å²) in [5, 5.41) is 8.28. The Kier molecular flexibility index (Phi) is 4.44. The summed E-state index contributed by atoms with van der Waals surface area (Å²) in [6.07, 6.45) is 0. The minimum absolute atomic E-state index is 0.439. The van der Waals surface area contributed by atoms with Gasteiger partial charge in [-0.2, -0.15) is 9.97 Å². The van der Waals surface area contributed by atoms with Gasteiger partial charge in [0.25, 0.3) is 11.8 Å². The number of hydrogen-bond donors (Lipinski definition) is 0. The molecular weight excluding hydrogens is 376 g/mol. The second kappa shape index (κ2) is 7.40. The smallest absolute Gasteiger partial charge is 0.258 e. The Morgan fingerprint density at radius 1 is 0.567 bits per heavy atom. The van der Waals surface area contributed by atoms with E-state index in [0.717, 1.165) is 33.4 Å². The standard InChI is InChI=1S/C24H18N4O2/c1-15-8-3-5-12-19(15)21-25-23(29-27-21)17-10-7-11-18(14-17)24-26-22(28-30-24)20-13-6-4-9-16(20)2/h3-14H,1-2H3. The summed E-state index contributed by atoms with van der Waals surface area (Å²) in [6.45, 7) is 4.04. The fraction of sp³-hybridized carbons (Fsp3) is 0.0833. The molecule has 0 bridgehead atoms. The van der Waals surface area contributed by atoms with Crippen LogP contribution in [0.3, 0.4) is 0 Å². The Morgan fingerprint density at radius 2 is 1.03 bits per heavy atom. The SMILES string of the molecule is Cc1ccccc1-c1noc(-c2cccc(-c3nc(-c4ccccc4C)no3)c2)n1. The zero-order chi connectivity index (χ0) is 20.5. The van der Waals surface area contributed by atoms with Crippen LogP contribution in [0.4, 0.5) is 0 Å². The highest BCUT2D eigenvalue weighted by molar-refractivity contribution is 5.68. The van der Waals surface area contributed by atoms with Gasteiger partial charge in [-0.15, -0.1) is 0 Å². The van der Waals surface area contributed by atoms with E-state index in [1.807, 2.05) is 86.6 Å². The molecule has 0 saturated heterocycles. The first kappa shape index (κ1) is 18.0. The van der Waals surface area contributed by atoms with Gasteiger partial charge in [0.15, 0.2) is 0 Å². The van der Waals surface area contributed by atoms with E-state index < -0.39 is 0 Å². The minimum Gasteiger partial charge on any atom is -0.334 e. The first-order chi connectivity index (χ1) is 14.7. The van der Waals surface area contributed by atoms with Crippen molar-refractivity contribution >= 4 is 0 Å². The van der Waals surface area contributed by atoms with Gasteiger partial charge < -0.3 is 9.05 Å². The van der Waals surface area contributed by atoms with Crippen molar-refractivity contribution in [3.63, 3.8) is 0 Å². The maximum Gasteiger partial charge on any atom is 0.258 e. The summed E-state index contributed by atoms with van der Waals surface area (Å²) in [7, 11) is 0. The molecule has 0 radical (unpaired) electrons. The van der Waals surface area contributed by atoms with E-state index in [0.29, 0.717) is 23.4 Å². The lowest BCUT2D eigenvalue weighted by Gasteiger charge is -1.99. The molecule has 0 N–H and O–H groups in total. The molecule has 146 valence electrons. The first-order valence-electron chi connectivity index (χ1n) is 9.59. The van der Waals surface area contributed by atoms with E-state index in [1.165, 1.54) is 0 Å². The molecule has 30 heavy (non-hydrogen) atoms. The van der Waals surface area contributed by atoms with Gasteiger partial charge >= 0.3 is 0 Å². The molecule has 3 aromatic carbocycles. The number of rotatable bonds is 4. The normalized spacial score (nSPS) is 11.0. The highest BCUT2D eigenvalue weighted by atomic mass is 16.5. The van der Waals surface area contributed by atoms with Crippen molar-refractivity contribution in [1.29, 1.82) is 0 Å². The molecule has 0 aliphatic carbocycles. The van der Waals surface area contributed by atoms with Gasteiger partial charge in [0.05, 0.1) is 0 Å². The summed E-state index contributed by atoms with van der Waals surface area (Å²) in [4.78, 5) is 9.13. The molecule has 2 heterocycles. The number of nitrogens with zero attached hydrogens (tertiary/aromatic N) is 4. The average Bonchev–Trinajstić information content (AvgIpc) is 3.45. The molecule has 6 nitrogen and oxygen atoms in total. The lowest BCUT2D eigenvalue weighted by molar-refractivity contribution is 0.431. The van der Waals surface area contributed by atoms with Crippen LogP contribution in [0.1, 0.15) is 11.1 Å². The van der Waals surface area contributed by atoms with Crippen molar-refractivity contribution < 1.29 is 9.05 Å². The molecule has 5 rings (SSSR count). The van der Waals surface area contributed by atoms with Crippen LogP contribution in [0.25, 0.3) is 45.7 Å². The number of benzene rings is 3. The van der Waals surface area contributed by atoms with E-state index in [4.69, 9.17) is 9.05 Å². The number of hydrogen-bond acceptors (Lipinski definition) is 6. The maximum atomic E-state index is 5.51. The van der Waals surface area contributed by atoms with Crippen LogP contribution >= 0.6 is 0 Å². The Labute approximate surface area is 173 Å². The lowest BCUT2D eigenvalue weighted by Crippen LogP contribution is -1.86. The Balaban J connectivity index is 1.47. The highest BCUT2D eigenvalue weighted by Gasteiger charge is 2.16. The van der Waals surface area contributed by atoms with Crippen molar-refractivity contribution in [1.82, 2.24) is 20.3 Å². The van der Waals surface area contributed by atoms with Crippen LogP contribution in [-0.2, 0) is 0 Å². The van der Waals surface area contributed by atoms with E-state index in [9.17, 15) is 0 Å². The molecule has 0 aliphatic heterocycles. The Morgan fingerprint density at radius 3 is 1.50 bits per heavy atom. The van der Waals surface area contributed by atoms with Gasteiger partial charge in [-0.25, -0.2) is 0 Å². The summed E-state index contributed by atoms with van der Waals surface area (Å²) in [5.41, 5.74) is 5.65. The topological polar surface area (TPSA) is 77.8 Å². The van der Waals surface area contributed by atoms with Gasteiger partial charge in [-0.3, -0.25) is 0 Å². The monoisotopic (exact) mass is 394 g/mol. The van der Waals surface area contributed by atoms with Gasteiger partial charge in [-0.1, -0.05) is 64.9 Å². The number of aryl methyl sites for hydroxylation is 2. The van der Waals surface area contributed by atoms with Gasteiger partial charge in [-0.05, 0) is 43.2 Å². The second-order valence-electron chi connectivity index (χ2n) is 7.06. The Bertz CT molecular complexity index is 1240. The lowest BCUT2D eigenvalue weighted by atomic mass is 10.1. The zero-order valence-corrected chi connectivity index (χ0v) is 16.5. The average molecular weight is 394 g/mol. The van der Waals surface area contributed by atoms with Gasteiger partial charge in [0.2, 0.25) is 11.6 Å². The Hall–Kier alpha value is -4.06. The molecule has 6 heteroatoms. The predicted molar refractivity (Wildman–Crippen MR) is 113 cm³/mol. The zero-order valence-electron chi connectivity index (χ0n) is 16.5. The molecule has 0 amide bonds. The molecule has 0 aliphatic rings. The fourth-order valence-corrected chi connectivity index (χ4v) is 3.33. The predicted octanol–water partition coefficient (Wildman–Crippen LogP) is 5.74. The van der Waals surface area contributed by atoms with Gasteiger partial charge in [0, 0.05) is 22.3 Å². The van der Waals surface area contributed by atoms with Gasteiger partial charge in [0.1, 0.15) is 0 Å². The molecule has 0 spiro atoms. The molecular formula is C24H18N4O2. The summed E-state index contributed by atoms with van der Waals surface area (Å²) in [5.74, 6) is 2.00. The third-order valence-corrected chi connectivity index (χ3v) is 4.98. The highest BCUT2D eigenvalue weighted by Crippen LogP contribution is 2.29. The van der Waals surface area contributed by atoms with E-state index >= 15 is 0 Å². The van der Waals surface area contributed by atoms with E-state index in [1.54, 1.807) is 0 Å².